The van der Waals surface area contributed by atoms with Crippen molar-refractivity contribution in [3.8, 4) is 6.07 Å². The van der Waals surface area contributed by atoms with Crippen LogP contribution in [-0.4, -0.2) is 72.5 Å². The van der Waals surface area contributed by atoms with Crippen molar-refractivity contribution in [2.45, 2.75) is 38.6 Å². The maximum absolute atomic E-state index is 12.6. The molecule has 5 nitrogen and oxygen atoms in total. The largest absolute Gasteiger partial charge is 0.339 e. The molecular weight excluding hydrogens is 252 g/mol. The van der Waals surface area contributed by atoms with Gasteiger partial charge in [0.15, 0.2) is 0 Å². The first kappa shape index (κ1) is 15.3. The zero-order chi connectivity index (χ0) is 14.4. The third-order valence-corrected chi connectivity index (χ3v) is 4.52. The summed E-state index contributed by atoms with van der Waals surface area (Å²) in [6.45, 7) is 7.82. The smallest absolute Gasteiger partial charge is 0.239 e. The molecule has 2 fully saturated rings. The molecule has 0 N–H and O–H groups in total. The lowest BCUT2D eigenvalue weighted by molar-refractivity contribution is -0.138. The van der Waals surface area contributed by atoms with Crippen molar-refractivity contribution in [2.24, 2.45) is 0 Å². The lowest BCUT2D eigenvalue weighted by atomic mass is 10.2. The summed E-state index contributed by atoms with van der Waals surface area (Å²) in [4.78, 5) is 19.0. The summed E-state index contributed by atoms with van der Waals surface area (Å²) in [5, 5.41) is 8.70. The van der Waals surface area contributed by atoms with E-state index in [1.807, 2.05) is 4.90 Å². The molecule has 2 saturated heterocycles. The number of amides is 1. The lowest BCUT2D eigenvalue weighted by Crippen LogP contribution is -2.54. The lowest BCUT2D eigenvalue weighted by Gasteiger charge is -2.37. The minimum atomic E-state index is 0.00983. The van der Waals surface area contributed by atoms with E-state index in [4.69, 9.17) is 5.26 Å². The Morgan fingerprint density at radius 1 is 1.05 bits per heavy atom. The van der Waals surface area contributed by atoms with Crippen LogP contribution in [0.2, 0.25) is 0 Å². The van der Waals surface area contributed by atoms with Crippen molar-refractivity contribution in [1.82, 2.24) is 14.7 Å². The Hall–Kier alpha value is -1.12. The van der Waals surface area contributed by atoms with E-state index in [2.05, 4.69) is 22.8 Å². The topological polar surface area (TPSA) is 50.6 Å². The van der Waals surface area contributed by atoms with Crippen LogP contribution in [0.25, 0.3) is 0 Å². The van der Waals surface area contributed by atoms with Gasteiger partial charge in [-0.1, -0.05) is 12.8 Å². The SMILES string of the molecule is C[C@@H](C(=O)N1CCN(CC#N)CC1)N1CCCCCC1. The molecule has 0 aromatic heterocycles. The molecular formula is C15H26N4O. The van der Waals surface area contributed by atoms with Gasteiger partial charge in [-0.15, -0.1) is 0 Å². The second-order valence-electron chi connectivity index (χ2n) is 5.89. The van der Waals surface area contributed by atoms with E-state index in [9.17, 15) is 4.79 Å². The number of piperazine rings is 1. The molecule has 1 amide bonds. The van der Waals surface area contributed by atoms with Gasteiger partial charge < -0.3 is 4.90 Å². The Bertz CT molecular complexity index is 349. The summed E-state index contributed by atoms with van der Waals surface area (Å²) in [5.74, 6) is 0.267. The molecule has 0 spiro atoms. The van der Waals surface area contributed by atoms with E-state index in [0.29, 0.717) is 6.54 Å². The molecule has 1 atom stereocenters. The molecule has 0 unspecified atom stereocenters. The number of likely N-dealkylation sites (tertiary alicyclic amines) is 1. The zero-order valence-corrected chi connectivity index (χ0v) is 12.6. The van der Waals surface area contributed by atoms with Crippen LogP contribution in [0.4, 0.5) is 0 Å². The van der Waals surface area contributed by atoms with E-state index in [-0.39, 0.29) is 11.9 Å². The quantitative estimate of drug-likeness (QED) is 0.720. The monoisotopic (exact) mass is 278 g/mol. The van der Waals surface area contributed by atoms with Crippen LogP contribution >= 0.6 is 0 Å². The molecule has 0 aliphatic carbocycles. The van der Waals surface area contributed by atoms with Crippen molar-refractivity contribution < 1.29 is 4.79 Å². The van der Waals surface area contributed by atoms with Gasteiger partial charge in [-0.2, -0.15) is 5.26 Å². The van der Waals surface area contributed by atoms with E-state index < -0.39 is 0 Å². The second-order valence-corrected chi connectivity index (χ2v) is 5.89. The summed E-state index contributed by atoms with van der Waals surface area (Å²) >= 11 is 0. The summed E-state index contributed by atoms with van der Waals surface area (Å²) in [5.41, 5.74) is 0. The van der Waals surface area contributed by atoms with Crippen molar-refractivity contribution >= 4 is 5.91 Å². The highest BCUT2D eigenvalue weighted by Gasteiger charge is 2.28. The van der Waals surface area contributed by atoms with E-state index in [1.165, 1.54) is 25.7 Å². The number of hydrogen-bond donors (Lipinski definition) is 0. The van der Waals surface area contributed by atoms with Gasteiger partial charge in [-0.3, -0.25) is 14.6 Å². The fourth-order valence-electron chi connectivity index (χ4n) is 3.13. The van der Waals surface area contributed by atoms with Crippen LogP contribution in [0.3, 0.4) is 0 Å². The minimum Gasteiger partial charge on any atom is -0.339 e. The van der Waals surface area contributed by atoms with Crippen molar-refractivity contribution in [1.29, 1.82) is 5.26 Å². The van der Waals surface area contributed by atoms with Crippen molar-refractivity contribution in [3.05, 3.63) is 0 Å². The Morgan fingerprint density at radius 3 is 2.20 bits per heavy atom. The first-order valence-corrected chi connectivity index (χ1v) is 7.84. The molecule has 2 aliphatic heterocycles. The number of carbonyl (C=O) groups is 1. The van der Waals surface area contributed by atoms with Gasteiger partial charge in [0.2, 0.25) is 5.91 Å². The molecule has 2 rings (SSSR count). The van der Waals surface area contributed by atoms with E-state index in [1.54, 1.807) is 0 Å². The molecule has 0 bridgehead atoms. The van der Waals surface area contributed by atoms with Crippen LogP contribution in [0.15, 0.2) is 0 Å². The highest BCUT2D eigenvalue weighted by molar-refractivity contribution is 5.81. The summed E-state index contributed by atoms with van der Waals surface area (Å²) in [6.07, 6.45) is 5.02. The predicted octanol–water partition coefficient (Wildman–Crippen LogP) is 0.919. The average molecular weight is 278 g/mol. The third-order valence-electron chi connectivity index (χ3n) is 4.52. The maximum atomic E-state index is 12.6. The first-order valence-electron chi connectivity index (χ1n) is 7.84. The van der Waals surface area contributed by atoms with Gasteiger partial charge in [-0.25, -0.2) is 0 Å². The van der Waals surface area contributed by atoms with Gasteiger partial charge in [0.05, 0.1) is 18.7 Å². The van der Waals surface area contributed by atoms with Crippen LogP contribution in [-0.2, 0) is 4.79 Å². The fraction of sp³-hybridized carbons (Fsp3) is 0.867. The van der Waals surface area contributed by atoms with E-state index in [0.717, 1.165) is 39.3 Å². The molecule has 0 aromatic carbocycles. The van der Waals surface area contributed by atoms with Gasteiger partial charge in [-0.05, 0) is 32.9 Å². The number of nitriles is 1. The van der Waals surface area contributed by atoms with Gasteiger partial charge in [0, 0.05) is 26.2 Å². The van der Waals surface area contributed by atoms with Crippen LogP contribution < -0.4 is 0 Å². The van der Waals surface area contributed by atoms with Crippen LogP contribution in [0.5, 0.6) is 0 Å². The van der Waals surface area contributed by atoms with Crippen LogP contribution in [0.1, 0.15) is 32.6 Å². The maximum Gasteiger partial charge on any atom is 0.239 e. The van der Waals surface area contributed by atoms with Gasteiger partial charge in [0.25, 0.3) is 0 Å². The zero-order valence-electron chi connectivity index (χ0n) is 12.6. The number of rotatable bonds is 3. The molecule has 2 aliphatic rings. The number of hydrogen-bond acceptors (Lipinski definition) is 4. The van der Waals surface area contributed by atoms with Crippen LogP contribution in [0, 0.1) is 11.3 Å². The van der Waals surface area contributed by atoms with Gasteiger partial charge >= 0.3 is 0 Å². The Balaban J connectivity index is 1.83. The fourth-order valence-corrected chi connectivity index (χ4v) is 3.13. The Labute approximate surface area is 122 Å². The van der Waals surface area contributed by atoms with Crippen molar-refractivity contribution in [2.75, 3.05) is 45.8 Å². The number of nitrogens with zero attached hydrogens (tertiary/aromatic N) is 4. The molecule has 0 radical (unpaired) electrons. The predicted molar refractivity (Wildman–Crippen MR) is 78.1 cm³/mol. The average Bonchev–Trinajstić information content (AvgIpc) is 2.76. The first-order chi connectivity index (χ1) is 9.72. The molecule has 112 valence electrons. The highest BCUT2D eigenvalue weighted by atomic mass is 16.2. The third kappa shape index (κ3) is 3.94. The second kappa shape index (κ2) is 7.61. The van der Waals surface area contributed by atoms with Gasteiger partial charge in [0.1, 0.15) is 0 Å². The van der Waals surface area contributed by atoms with E-state index >= 15 is 0 Å². The molecule has 2 heterocycles. The Kier molecular flexibility index (Phi) is 5.81. The molecule has 20 heavy (non-hydrogen) atoms. The molecule has 0 saturated carbocycles. The molecule has 5 heteroatoms. The number of carbonyl (C=O) groups excluding carboxylic acids is 1. The summed E-state index contributed by atoms with van der Waals surface area (Å²) < 4.78 is 0. The minimum absolute atomic E-state index is 0.00983. The Morgan fingerprint density at radius 2 is 1.65 bits per heavy atom. The summed E-state index contributed by atoms with van der Waals surface area (Å²) in [6, 6.07) is 2.19. The highest BCUT2D eigenvalue weighted by Crippen LogP contribution is 2.14. The standard InChI is InChI=1S/C15H26N4O/c1-14(18-7-4-2-3-5-8-18)15(20)19-12-10-17(9-6-16)11-13-19/h14H,2-5,7-13H2,1H3/t14-/m0/s1. The van der Waals surface area contributed by atoms with Crippen molar-refractivity contribution in [3.63, 3.8) is 0 Å². The normalized spacial score (nSPS) is 23.9. The summed E-state index contributed by atoms with van der Waals surface area (Å²) in [7, 11) is 0. The molecule has 0 aromatic rings.